The Morgan fingerprint density at radius 2 is 2.21 bits per heavy atom. The highest BCUT2D eigenvalue weighted by Gasteiger charge is 2.13. The van der Waals surface area contributed by atoms with Gasteiger partial charge in [0.25, 0.3) is 5.69 Å². The first-order valence-electron chi connectivity index (χ1n) is 5.83. The van der Waals surface area contributed by atoms with Gasteiger partial charge in [-0.3, -0.25) is 10.1 Å². The molecule has 19 heavy (non-hydrogen) atoms. The van der Waals surface area contributed by atoms with Crippen LogP contribution < -0.4 is 5.32 Å². The number of nitro benzene ring substituents is 1. The summed E-state index contributed by atoms with van der Waals surface area (Å²) in [7, 11) is 0. The van der Waals surface area contributed by atoms with Crippen LogP contribution in [0.1, 0.15) is 10.4 Å². The number of hydrogen-bond donors (Lipinski definition) is 1. The van der Waals surface area contributed by atoms with Gasteiger partial charge in [-0.2, -0.15) is 0 Å². The van der Waals surface area contributed by atoms with Crippen LogP contribution in [0.5, 0.6) is 0 Å². The molecule has 0 aliphatic carbocycles. The smallest absolute Gasteiger partial charge is 0.274 e. The fourth-order valence-corrected chi connectivity index (χ4v) is 2.47. The number of benzene rings is 1. The van der Waals surface area contributed by atoms with Crippen LogP contribution in [0.2, 0.25) is 0 Å². The number of nitro groups is 1. The van der Waals surface area contributed by atoms with E-state index in [1.165, 1.54) is 17.0 Å². The molecule has 0 amide bonds. The Morgan fingerprint density at radius 1 is 1.37 bits per heavy atom. The number of nitrogens with zero attached hydrogens (tertiary/aromatic N) is 1. The van der Waals surface area contributed by atoms with Crippen LogP contribution in [0.15, 0.2) is 35.7 Å². The molecule has 2 aromatic rings. The third-order valence-corrected chi connectivity index (χ3v) is 3.62. The highest BCUT2D eigenvalue weighted by Crippen LogP contribution is 2.19. The fraction of sp³-hybridized carbons (Fsp3) is 0.231. The van der Waals surface area contributed by atoms with E-state index in [9.17, 15) is 14.5 Å². The van der Waals surface area contributed by atoms with Gasteiger partial charge in [0.05, 0.1) is 4.92 Å². The van der Waals surface area contributed by atoms with Gasteiger partial charge in [-0.15, -0.1) is 11.3 Å². The fourth-order valence-electron chi connectivity index (χ4n) is 1.76. The van der Waals surface area contributed by atoms with Crippen LogP contribution in [0.3, 0.4) is 0 Å². The van der Waals surface area contributed by atoms with E-state index in [1.807, 2.05) is 17.5 Å². The molecule has 4 nitrogen and oxygen atoms in total. The lowest BCUT2D eigenvalue weighted by Crippen LogP contribution is -2.17. The molecule has 0 fully saturated rings. The molecule has 0 aliphatic heterocycles. The summed E-state index contributed by atoms with van der Waals surface area (Å²) in [6.45, 7) is 0.994. The van der Waals surface area contributed by atoms with Crippen LogP contribution in [0.4, 0.5) is 10.1 Å². The number of nitrogens with one attached hydrogen (secondary N) is 1. The Hall–Kier alpha value is -1.79. The Morgan fingerprint density at radius 3 is 2.89 bits per heavy atom. The second kappa shape index (κ2) is 6.40. The van der Waals surface area contributed by atoms with Gasteiger partial charge in [0.1, 0.15) is 5.82 Å². The number of hydrogen-bond acceptors (Lipinski definition) is 4. The third kappa shape index (κ3) is 3.84. The summed E-state index contributed by atoms with van der Waals surface area (Å²) in [6, 6.07) is 7.53. The molecule has 0 radical (unpaired) electrons. The van der Waals surface area contributed by atoms with Crippen molar-refractivity contribution in [1.82, 2.24) is 5.32 Å². The van der Waals surface area contributed by atoms with Gasteiger partial charge in [-0.25, -0.2) is 4.39 Å². The number of halogens is 1. The molecule has 0 saturated heterocycles. The predicted molar refractivity (Wildman–Crippen MR) is 72.8 cm³/mol. The summed E-state index contributed by atoms with van der Waals surface area (Å²) >= 11 is 1.67. The lowest BCUT2D eigenvalue weighted by Gasteiger charge is -2.05. The number of rotatable bonds is 6. The zero-order chi connectivity index (χ0) is 13.7. The Kier molecular flexibility index (Phi) is 4.59. The molecule has 2 rings (SSSR count). The van der Waals surface area contributed by atoms with E-state index in [2.05, 4.69) is 5.32 Å². The Bertz CT molecular complexity index is 558. The third-order valence-electron chi connectivity index (χ3n) is 2.68. The van der Waals surface area contributed by atoms with Crippen molar-refractivity contribution in [2.45, 2.75) is 13.0 Å². The average molecular weight is 280 g/mol. The minimum absolute atomic E-state index is 0.0509. The Labute approximate surface area is 114 Å². The van der Waals surface area contributed by atoms with E-state index < -0.39 is 10.7 Å². The molecular formula is C13H13FN2O2S. The lowest BCUT2D eigenvalue weighted by atomic mass is 10.1. The van der Waals surface area contributed by atoms with Crippen molar-refractivity contribution in [3.05, 3.63) is 62.1 Å². The maximum Gasteiger partial charge on any atom is 0.274 e. The SMILES string of the molecule is O=[N+]([O-])c1ccc(F)cc1CNCCc1cccs1. The second-order valence-corrected chi connectivity index (χ2v) is 5.07. The molecule has 100 valence electrons. The van der Waals surface area contributed by atoms with E-state index in [4.69, 9.17) is 0 Å². The molecule has 1 aromatic carbocycles. The summed E-state index contributed by atoms with van der Waals surface area (Å²) in [4.78, 5) is 11.6. The standard InChI is InChI=1S/C13H13FN2O2S/c14-11-3-4-13(16(17)18)10(8-11)9-15-6-5-12-2-1-7-19-12/h1-4,7-8,15H,5-6,9H2. The van der Waals surface area contributed by atoms with Crippen molar-refractivity contribution >= 4 is 17.0 Å². The van der Waals surface area contributed by atoms with Crippen LogP contribution in [-0.4, -0.2) is 11.5 Å². The predicted octanol–water partition coefficient (Wildman–Crippen LogP) is 3.13. The van der Waals surface area contributed by atoms with Gasteiger partial charge in [0, 0.05) is 29.6 Å². The first kappa shape index (κ1) is 13.6. The molecule has 0 spiro atoms. The van der Waals surface area contributed by atoms with Gasteiger partial charge in [0.2, 0.25) is 0 Å². The molecule has 6 heteroatoms. The first-order chi connectivity index (χ1) is 9.16. The van der Waals surface area contributed by atoms with Crippen molar-refractivity contribution in [3.8, 4) is 0 Å². The Balaban J connectivity index is 1.91. The van der Waals surface area contributed by atoms with E-state index in [0.29, 0.717) is 18.7 Å². The van der Waals surface area contributed by atoms with E-state index in [0.717, 1.165) is 12.5 Å². The van der Waals surface area contributed by atoms with E-state index in [1.54, 1.807) is 11.3 Å². The molecule has 0 bridgehead atoms. The largest absolute Gasteiger partial charge is 0.312 e. The molecular weight excluding hydrogens is 267 g/mol. The average Bonchev–Trinajstić information content (AvgIpc) is 2.87. The summed E-state index contributed by atoms with van der Waals surface area (Å²) in [5.41, 5.74) is 0.321. The lowest BCUT2D eigenvalue weighted by molar-refractivity contribution is -0.385. The molecule has 1 aromatic heterocycles. The summed E-state index contributed by atoms with van der Waals surface area (Å²) < 4.78 is 13.1. The van der Waals surface area contributed by atoms with Crippen molar-refractivity contribution in [2.75, 3.05) is 6.54 Å². The first-order valence-corrected chi connectivity index (χ1v) is 6.70. The maximum absolute atomic E-state index is 13.1. The van der Waals surface area contributed by atoms with Gasteiger partial charge in [-0.1, -0.05) is 6.07 Å². The van der Waals surface area contributed by atoms with Crippen LogP contribution >= 0.6 is 11.3 Å². The summed E-state index contributed by atoms with van der Waals surface area (Å²) in [6.07, 6.45) is 0.862. The summed E-state index contributed by atoms with van der Waals surface area (Å²) in [5, 5.41) is 15.9. The van der Waals surface area contributed by atoms with Crippen LogP contribution in [0, 0.1) is 15.9 Å². The van der Waals surface area contributed by atoms with E-state index in [-0.39, 0.29) is 5.69 Å². The van der Waals surface area contributed by atoms with Gasteiger partial charge in [0.15, 0.2) is 0 Å². The number of thiophene rings is 1. The quantitative estimate of drug-likeness (QED) is 0.502. The molecule has 1 heterocycles. The van der Waals surface area contributed by atoms with Crippen LogP contribution in [-0.2, 0) is 13.0 Å². The highest BCUT2D eigenvalue weighted by atomic mass is 32.1. The monoisotopic (exact) mass is 280 g/mol. The zero-order valence-corrected chi connectivity index (χ0v) is 11.0. The molecule has 0 saturated carbocycles. The minimum Gasteiger partial charge on any atom is -0.312 e. The molecule has 0 aliphatic rings. The van der Waals surface area contributed by atoms with Crippen molar-refractivity contribution < 1.29 is 9.31 Å². The van der Waals surface area contributed by atoms with Crippen LogP contribution in [0.25, 0.3) is 0 Å². The normalized spacial score (nSPS) is 10.6. The van der Waals surface area contributed by atoms with E-state index >= 15 is 0 Å². The van der Waals surface area contributed by atoms with Crippen molar-refractivity contribution in [2.24, 2.45) is 0 Å². The topological polar surface area (TPSA) is 55.2 Å². The zero-order valence-electron chi connectivity index (χ0n) is 10.1. The van der Waals surface area contributed by atoms with Gasteiger partial charge < -0.3 is 5.32 Å². The maximum atomic E-state index is 13.1. The molecule has 1 N–H and O–H groups in total. The van der Waals surface area contributed by atoms with Gasteiger partial charge in [-0.05, 0) is 30.0 Å². The minimum atomic E-state index is -0.490. The van der Waals surface area contributed by atoms with Crippen molar-refractivity contribution in [1.29, 1.82) is 0 Å². The van der Waals surface area contributed by atoms with Crippen molar-refractivity contribution in [3.63, 3.8) is 0 Å². The summed E-state index contributed by atoms with van der Waals surface area (Å²) in [5.74, 6) is -0.458. The second-order valence-electron chi connectivity index (χ2n) is 4.04. The van der Waals surface area contributed by atoms with Gasteiger partial charge >= 0.3 is 0 Å². The highest BCUT2D eigenvalue weighted by molar-refractivity contribution is 7.09. The molecule has 0 atom stereocenters. The molecule has 0 unspecified atom stereocenters.